The summed E-state index contributed by atoms with van der Waals surface area (Å²) in [6.45, 7) is 8.93. The lowest BCUT2D eigenvalue weighted by molar-refractivity contribution is 0.157. The SMILES string of the molecule is Cc1ccc(CC2C(C)NCCN2C)cc1C. The van der Waals surface area contributed by atoms with Crippen LogP contribution in [0.4, 0.5) is 0 Å². The van der Waals surface area contributed by atoms with Crippen molar-refractivity contribution in [2.24, 2.45) is 0 Å². The average Bonchev–Trinajstić information content (AvgIpc) is 2.28. The fourth-order valence-corrected chi connectivity index (χ4v) is 2.66. The van der Waals surface area contributed by atoms with Crippen molar-refractivity contribution in [3.05, 3.63) is 34.9 Å². The van der Waals surface area contributed by atoms with E-state index in [2.05, 4.69) is 56.2 Å². The molecule has 0 aromatic heterocycles. The Bertz CT molecular complexity index is 377. The van der Waals surface area contributed by atoms with Crippen molar-refractivity contribution >= 4 is 0 Å². The second-order valence-corrected chi connectivity index (χ2v) is 5.41. The zero-order valence-corrected chi connectivity index (χ0v) is 11.5. The van der Waals surface area contributed by atoms with Gasteiger partial charge in [-0.2, -0.15) is 0 Å². The third-order valence-electron chi connectivity index (χ3n) is 4.09. The zero-order chi connectivity index (χ0) is 12.4. The van der Waals surface area contributed by atoms with Crippen molar-refractivity contribution in [2.45, 2.75) is 39.3 Å². The van der Waals surface area contributed by atoms with Gasteiger partial charge in [-0.15, -0.1) is 0 Å². The molecular weight excluding hydrogens is 208 g/mol. The van der Waals surface area contributed by atoms with Crippen LogP contribution in [-0.2, 0) is 6.42 Å². The quantitative estimate of drug-likeness (QED) is 0.840. The molecule has 94 valence electrons. The smallest absolute Gasteiger partial charge is 0.0284 e. The van der Waals surface area contributed by atoms with Crippen LogP contribution < -0.4 is 5.32 Å². The normalized spacial score (nSPS) is 26.1. The Kier molecular flexibility index (Phi) is 3.85. The number of hydrogen-bond donors (Lipinski definition) is 1. The van der Waals surface area contributed by atoms with Gasteiger partial charge in [-0.05, 0) is 50.9 Å². The number of hydrogen-bond acceptors (Lipinski definition) is 2. The molecule has 2 nitrogen and oxygen atoms in total. The minimum Gasteiger partial charge on any atom is -0.311 e. The molecule has 0 spiro atoms. The van der Waals surface area contributed by atoms with E-state index in [-0.39, 0.29) is 0 Å². The monoisotopic (exact) mass is 232 g/mol. The van der Waals surface area contributed by atoms with Gasteiger partial charge in [0.15, 0.2) is 0 Å². The first-order chi connectivity index (χ1) is 8.08. The lowest BCUT2D eigenvalue weighted by Gasteiger charge is -2.38. The van der Waals surface area contributed by atoms with Gasteiger partial charge in [0.25, 0.3) is 0 Å². The van der Waals surface area contributed by atoms with Gasteiger partial charge in [-0.25, -0.2) is 0 Å². The molecule has 1 aromatic rings. The van der Waals surface area contributed by atoms with E-state index >= 15 is 0 Å². The molecular formula is C15H24N2. The topological polar surface area (TPSA) is 15.3 Å². The second-order valence-electron chi connectivity index (χ2n) is 5.41. The first kappa shape index (κ1) is 12.6. The molecule has 2 atom stereocenters. The summed E-state index contributed by atoms with van der Waals surface area (Å²) in [5.74, 6) is 0. The molecule has 0 aliphatic carbocycles. The molecule has 0 amide bonds. The van der Waals surface area contributed by atoms with E-state index in [1.807, 2.05) is 0 Å². The van der Waals surface area contributed by atoms with Gasteiger partial charge in [-0.3, -0.25) is 0 Å². The molecule has 2 heteroatoms. The molecule has 0 radical (unpaired) electrons. The molecule has 1 fully saturated rings. The highest BCUT2D eigenvalue weighted by Crippen LogP contribution is 2.16. The number of nitrogens with one attached hydrogen (secondary N) is 1. The van der Waals surface area contributed by atoms with E-state index in [0.717, 1.165) is 19.5 Å². The third kappa shape index (κ3) is 2.88. The number of aryl methyl sites for hydroxylation is 2. The van der Waals surface area contributed by atoms with E-state index in [0.29, 0.717) is 12.1 Å². The highest BCUT2D eigenvalue weighted by Gasteiger charge is 2.25. The summed E-state index contributed by atoms with van der Waals surface area (Å²) in [5.41, 5.74) is 4.25. The van der Waals surface area contributed by atoms with E-state index < -0.39 is 0 Å². The predicted molar refractivity (Wildman–Crippen MR) is 73.5 cm³/mol. The summed E-state index contributed by atoms with van der Waals surface area (Å²) >= 11 is 0. The van der Waals surface area contributed by atoms with Gasteiger partial charge in [0.2, 0.25) is 0 Å². The lowest BCUT2D eigenvalue weighted by Crippen LogP contribution is -2.55. The second kappa shape index (κ2) is 5.19. The molecule has 1 aromatic carbocycles. The summed E-state index contributed by atoms with van der Waals surface area (Å²) in [5, 5.41) is 3.57. The lowest BCUT2D eigenvalue weighted by atomic mass is 9.95. The largest absolute Gasteiger partial charge is 0.311 e. The maximum absolute atomic E-state index is 3.57. The number of likely N-dealkylation sites (N-methyl/N-ethyl adjacent to an activating group) is 1. The van der Waals surface area contributed by atoms with Crippen LogP contribution in [0.15, 0.2) is 18.2 Å². The Hall–Kier alpha value is -0.860. The number of benzene rings is 1. The predicted octanol–water partition coefficient (Wildman–Crippen LogP) is 2.14. The van der Waals surface area contributed by atoms with E-state index in [1.54, 1.807) is 0 Å². The molecule has 1 N–H and O–H groups in total. The van der Waals surface area contributed by atoms with Crippen LogP contribution in [0, 0.1) is 13.8 Å². The zero-order valence-electron chi connectivity index (χ0n) is 11.5. The average molecular weight is 232 g/mol. The van der Waals surface area contributed by atoms with Crippen LogP contribution in [0.2, 0.25) is 0 Å². The molecule has 1 saturated heterocycles. The van der Waals surface area contributed by atoms with Gasteiger partial charge in [0, 0.05) is 25.2 Å². The molecule has 0 saturated carbocycles. The van der Waals surface area contributed by atoms with Crippen molar-refractivity contribution in [3.8, 4) is 0 Å². The van der Waals surface area contributed by atoms with Crippen molar-refractivity contribution < 1.29 is 0 Å². The molecule has 2 unspecified atom stereocenters. The molecule has 1 heterocycles. The Morgan fingerprint density at radius 3 is 2.71 bits per heavy atom. The molecule has 0 bridgehead atoms. The highest BCUT2D eigenvalue weighted by molar-refractivity contribution is 5.30. The van der Waals surface area contributed by atoms with Gasteiger partial charge in [0.1, 0.15) is 0 Å². The third-order valence-corrected chi connectivity index (χ3v) is 4.09. The molecule has 1 aliphatic heterocycles. The van der Waals surface area contributed by atoms with Crippen molar-refractivity contribution in [3.63, 3.8) is 0 Å². The first-order valence-electron chi connectivity index (χ1n) is 6.57. The summed E-state index contributed by atoms with van der Waals surface area (Å²) in [6, 6.07) is 8.05. The van der Waals surface area contributed by atoms with Gasteiger partial charge >= 0.3 is 0 Å². The fourth-order valence-electron chi connectivity index (χ4n) is 2.66. The summed E-state index contributed by atoms with van der Waals surface area (Å²) < 4.78 is 0. The van der Waals surface area contributed by atoms with Crippen LogP contribution in [0.3, 0.4) is 0 Å². The standard InChI is InChI=1S/C15H24N2/c1-11-5-6-14(9-12(11)2)10-15-13(3)16-7-8-17(15)4/h5-6,9,13,15-16H,7-8,10H2,1-4H3. The molecule has 17 heavy (non-hydrogen) atoms. The van der Waals surface area contributed by atoms with E-state index in [1.165, 1.54) is 16.7 Å². The first-order valence-corrected chi connectivity index (χ1v) is 6.57. The Morgan fingerprint density at radius 2 is 2.06 bits per heavy atom. The highest BCUT2D eigenvalue weighted by atomic mass is 15.2. The summed E-state index contributed by atoms with van der Waals surface area (Å²) in [7, 11) is 2.24. The van der Waals surface area contributed by atoms with Crippen molar-refractivity contribution in [1.29, 1.82) is 0 Å². The number of piperazine rings is 1. The Labute approximate surface area is 105 Å². The van der Waals surface area contributed by atoms with Crippen LogP contribution in [0.5, 0.6) is 0 Å². The van der Waals surface area contributed by atoms with Gasteiger partial charge < -0.3 is 10.2 Å². The van der Waals surface area contributed by atoms with Crippen LogP contribution in [0.25, 0.3) is 0 Å². The minimum atomic E-state index is 0.579. The Morgan fingerprint density at radius 1 is 1.29 bits per heavy atom. The number of rotatable bonds is 2. The van der Waals surface area contributed by atoms with Crippen LogP contribution in [0.1, 0.15) is 23.6 Å². The summed E-state index contributed by atoms with van der Waals surface area (Å²) in [6.07, 6.45) is 1.14. The van der Waals surface area contributed by atoms with Gasteiger partial charge in [-0.1, -0.05) is 18.2 Å². The molecule has 1 aliphatic rings. The summed E-state index contributed by atoms with van der Waals surface area (Å²) in [4.78, 5) is 2.48. The van der Waals surface area contributed by atoms with Crippen LogP contribution >= 0.6 is 0 Å². The maximum atomic E-state index is 3.57. The maximum Gasteiger partial charge on any atom is 0.0284 e. The van der Waals surface area contributed by atoms with E-state index in [9.17, 15) is 0 Å². The fraction of sp³-hybridized carbons (Fsp3) is 0.600. The Balaban J connectivity index is 2.10. The molecule has 2 rings (SSSR count). The van der Waals surface area contributed by atoms with Gasteiger partial charge in [0.05, 0.1) is 0 Å². The van der Waals surface area contributed by atoms with Crippen molar-refractivity contribution in [1.82, 2.24) is 10.2 Å². The van der Waals surface area contributed by atoms with Crippen LogP contribution in [-0.4, -0.2) is 37.1 Å². The van der Waals surface area contributed by atoms with Crippen molar-refractivity contribution in [2.75, 3.05) is 20.1 Å². The number of nitrogens with zero attached hydrogens (tertiary/aromatic N) is 1. The van der Waals surface area contributed by atoms with E-state index in [4.69, 9.17) is 0 Å². The minimum absolute atomic E-state index is 0.579.